The van der Waals surface area contributed by atoms with Crippen molar-refractivity contribution in [3.05, 3.63) is 35.4 Å². The van der Waals surface area contributed by atoms with E-state index in [1.54, 1.807) is 0 Å². The van der Waals surface area contributed by atoms with Crippen LogP contribution in [-0.4, -0.2) is 19.0 Å². The zero-order chi connectivity index (χ0) is 13.8. The summed E-state index contributed by atoms with van der Waals surface area (Å²) in [6.45, 7) is 8.13. The lowest BCUT2D eigenvalue weighted by atomic mass is 9.91. The Morgan fingerprint density at radius 2 is 2.00 bits per heavy atom. The monoisotopic (exact) mass is 260 g/mol. The van der Waals surface area contributed by atoms with Crippen LogP contribution in [-0.2, 0) is 4.79 Å². The third-order valence-corrected chi connectivity index (χ3v) is 3.88. The molecule has 2 N–H and O–H groups in total. The van der Waals surface area contributed by atoms with E-state index in [1.165, 1.54) is 5.56 Å². The minimum absolute atomic E-state index is 0.0744. The Morgan fingerprint density at radius 1 is 1.32 bits per heavy atom. The molecule has 0 spiro atoms. The number of aryl methyl sites for hydroxylation is 1. The Labute approximate surface area is 115 Å². The van der Waals surface area contributed by atoms with Gasteiger partial charge in [0.15, 0.2) is 0 Å². The summed E-state index contributed by atoms with van der Waals surface area (Å²) in [6.07, 6.45) is 0.986. The van der Waals surface area contributed by atoms with E-state index in [0.29, 0.717) is 5.92 Å². The molecule has 1 aliphatic rings. The van der Waals surface area contributed by atoms with Gasteiger partial charge < -0.3 is 10.6 Å². The van der Waals surface area contributed by atoms with Gasteiger partial charge in [0.2, 0.25) is 5.91 Å². The van der Waals surface area contributed by atoms with Crippen LogP contribution in [0.15, 0.2) is 24.3 Å². The lowest BCUT2D eigenvalue weighted by Gasteiger charge is -2.28. The fourth-order valence-corrected chi connectivity index (χ4v) is 2.63. The number of carbonyl (C=O) groups excluding carboxylic acids is 1. The summed E-state index contributed by atoms with van der Waals surface area (Å²) >= 11 is 0. The maximum Gasteiger partial charge on any atom is 0.224 e. The normalized spacial score (nSPS) is 24.8. The van der Waals surface area contributed by atoms with Gasteiger partial charge in [-0.15, -0.1) is 0 Å². The topological polar surface area (TPSA) is 41.1 Å². The second-order valence-electron chi connectivity index (χ2n) is 5.84. The highest BCUT2D eigenvalue weighted by Crippen LogP contribution is 2.18. The van der Waals surface area contributed by atoms with Crippen molar-refractivity contribution in [2.24, 2.45) is 11.8 Å². The van der Waals surface area contributed by atoms with E-state index in [0.717, 1.165) is 25.1 Å². The van der Waals surface area contributed by atoms with Gasteiger partial charge in [0, 0.05) is 6.54 Å². The van der Waals surface area contributed by atoms with Crippen LogP contribution in [0, 0.1) is 18.8 Å². The van der Waals surface area contributed by atoms with E-state index in [2.05, 4.69) is 48.7 Å². The van der Waals surface area contributed by atoms with Crippen LogP contribution in [0.25, 0.3) is 0 Å². The number of benzene rings is 1. The SMILES string of the molecule is Cc1ccc(C(C)NC(=O)C2CNCC(C)C2)cc1. The zero-order valence-corrected chi connectivity index (χ0v) is 12.1. The summed E-state index contributed by atoms with van der Waals surface area (Å²) in [4.78, 5) is 12.2. The van der Waals surface area contributed by atoms with Crippen LogP contribution < -0.4 is 10.6 Å². The van der Waals surface area contributed by atoms with E-state index in [4.69, 9.17) is 0 Å². The van der Waals surface area contributed by atoms with Crippen molar-refractivity contribution in [1.82, 2.24) is 10.6 Å². The predicted octanol–water partition coefficient (Wildman–Crippen LogP) is 2.42. The maximum atomic E-state index is 12.2. The minimum atomic E-state index is 0.0744. The van der Waals surface area contributed by atoms with Crippen molar-refractivity contribution >= 4 is 5.91 Å². The van der Waals surface area contributed by atoms with E-state index in [-0.39, 0.29) is 17.9 Å². The lowest BCUT2D eigenvalue weighted by molar-refractivity contribution is -0.126. The first-order valence-electron chi connectivity index (χ1n) is 7.14. The third kappa shape index (κ3) is 3.80. The fraction of sp³-hybridized carbons (Fsp3) is 0.562. The average Bonchev–Trinajstić information content (AvgIpc) is 2.39. The molecule has 1 aromatic rings. The van der Waals surface area contributed by atoms with Crippen LogP contribution in [0.3, 0.4) is 0 Å². The molecule has 1 amide bonds. The number of carbonyl (C=O) groups is 1. The Balaban J connectivity index is 1.92. The average molecular weight is 260 g/mol. The van der Waals surface area contributed by atoms with Crippen molar-refractivity contribution in [1.29, 1.82) is 0 Å². The van der Waals surface area contributed by atoms with E-state index >= 15 is 0 Å². The van der Waals surface area contributed by atoms with Crippen LogP contribution in [0.2, 0.25) is 0 Å². The highest BCUT2D eigenvalue weighted by atomic mass is 16.2. The Bertz CT molecular complexity index is 427. The molecule has 1 heterocycles. The smallest absolute Gasteiger partial charge is 0.224 e. The molecule has 1 saturated heterocycles. The molecular weight excluding hydrogens is 236 g/mol. The molecule has 104 valence electrons. The molecule has 19 heavy (non-hydrogen) atoms. The zero-order valence-electron chi connectivity index (χ0n) is 12.1. The number of piperidine rings is 1. The van der Waals surface area contributed by atoms with Gasteiger partial charge in [-0.2, -0.15) is 0 Å². The molecule has 3 heteroatoms. The Hall–Kier alpha value is -1.35. The molecular formula is C16H24N2O. The quantitative estimate of drug-likeness (QED) is 0.876. The first-order chi connectivity index (χ1) is 9.06. The van der Waals surface area contributed by atoms with Gasteiger partial charge in [-0.25, -0.2) is 0 Å². The Morgan fingerprint density at radius 3 is 2.63 bits per heavy atom. The predicted molar refractivity (Wildman–Crippen MR) is 77.9 cm³/mol. The second-order valence-corrected chi connectivity index (χ2v) is 5.84. The maximum absolute atomic E-state index is 12.2. The number of hydrogen-bond donors (Lipinski definition) is 2. The van der Waals surface area contributed by atoms with Crippen molar-refractivity contribution in [3.8, 4) is 0 Å². The molecule has 0 bridgehead atoms. The van der Waals surface area contributed by atoms with Crippen LogP contribution >= 0.6 is 0 Å². The molecule has 0 saturated carbocycles. The minimum Gasteiger partial charge on any atom is -0.349 e. The van der Waals surface area contributed by atoms with Gasteiger partial charge in [-0.3, -0.25) is 4.79 Å². The van der Waals surface area contributed by atoms with Crippen LogP contribution in [0.4, 0.5) is 0 Å². The van der Waals surface area contributed by atoms with Gasteiger partial charge in [0.1, 0.15) is 0 Å². The van der Waals surface area contributed by atoms with Crippen molar-refractivity contribution < 1.29 is 4.79 Å². The summed E-state index contributed by atoms with van der Waals surface area (Å²) in [5.74, 6) is 0.864. The molecule has 1 aromatic carbocycles. The Kier molecular flexibility index (Phi) is 4.59. The van der Waals surface area contributed by atoms with Crippen molar-refractivity contribution in [3.63, 3.8) is 0 Å². The van der Waals surface area contributed by atoms with Crippen LogP contribution in [0.1, 0.15) is 37.4 Å². The van der Waals surface area contributed by atoms with E-state index < -0.39 is 0 Å². The number of rotatable bonds is 3. The first kappa shape index (κ1) is 14.1. The van der Waals surface area contributed by atoms with Gasteiger partial charge in [-0.1, -0.05) is 36.8 Å². The third-order valence-electron chi connectivity index (χ3n) is 3.88. The van der Waals surface area contributed by atoms with Crippen molar-refractivity contribution in [2.75, 3.05) is 13.1 Å². The molecule has 0 aliphatic carbocycles. The van der Waals surface area contributed by atoms with Gasteiger partial charge in [0.25, 0.3) is 0 Å². The summed E-state index contributed by atoms with van der Waals surface area (Å²) in [6, 6.07) is 8.42. The molecule has 3 unspecified atom stereocenters. The van der Waals surface area contributed by atoms with Gasteiger partial charge in [-0.05, 0) is 38.3 Å². The summed E-state index contributed by atoms with van der Waals surface area (Å²) in [5.41, 5.74) is 2.41. The van der Waals surface area contributed by atoms with E-state index in [1.807, 2.05) is 6.92 Å². The first-order valence-corrected chi connectivity index (χ1v) is 7.14. The molecule has 0 aromatic heterocycles. The molecule has 3 atom stereocenters. The fourth-order valence-electron chi connectivity index (χ4n) is 2.63. The lowest BCUT2D eigenvalue weighted by Crippen LogP contribution is -2.43. The molecule has 1 aliphatic heterocycles. The highest BCUT2D eigenvalue weighted by Gasteiger charge is 2.25. The highest BCUT2D eigenvalue weighted by molar-refractivity contribution is 5.79. The largest absolute Gasteiger partial charge is 0.349 e. The summed E-state index contributed by atoms with van der Waals surface area (Å²) in [7, 11) is 0. The van der Waals surface area contributed by atoms with Gasteiger partial charge in [0.05, 0.1) is 12.0 Å². The standard InChI is InChI=1S/C16H24N2O/c1-11-4-6-14(7-5-11)13(3)18-16(19)15-8-12(2)9-17-10-15/h4-7,12-13,15,17H,8-10H2,1-3H3,(H,18,19). The van der Waals surface area contributed by atoms with Crippen molar-refractivity contribution in [2.45, 2.75) is 33.2 Å². The summed E-state index contributed by atoms with van der Waals surface area (Å²) in [5, 5.41) is 6.45. The molecule has 0 radical (unpaired) electrons. The molecule has 3 nitrogen and oxygen atoms in total. The number of hydrogen-bond acceptors (Lipinski definition) is 2. The van der Waals surface area contributed by atoms with Crippen LogP contribution in [0.5, 0.6) is 0 Å². The van der Waals surface area contributed by atoms with E-state index in [9.17, 15) is 4.79 Å². The summed E-state index contributed by atoms with van der Waals surface area (Å²) < 4.78 is 0. The van der Waals surface area contributed by atoms with Gasteiger partial charge >= 0.3 is 0 Å². The molecule has 1 fully saturated rings. The number of amides is 1. The molecule has 2 rings (SSSR count). The second kappa shape index (κ2) is 6.20. The number of nitrogens with one attached hydrogen (secondary N) is 2.